The Morgan fingerprint density at radius 2 is 1.93 bits per heavy atom. The van der Waals surface area contributed by atoms with Crippen molar-refractivity contribution in [3.8, 4) is 0 Å². The van der Waals surface area contributed by atoms with E-state index in [0.29, 0.717) is 19.5 Å². The lowest BCUT2D eigenvalue weighted by molar-refractivity contribution is -0.120. The summed E-state index contributed by atoms with van der Waals surface area (Å²) in [6.45, 7) is 5.19. The third kappa shape index (κ3) is 4.50. The van der Waals surface area contributed by atoms with Crippen LogP contribution in [-0.4, -0.2) is 46.6 Å². The summed E-state index contributed by atoms with van der Waals surface area (Å²) in [4.78, 5) is 23.7. The second kappa shape index (κ2) is 8.51. The summed E-state index contributed by atoms with van der Waals surface area (Å²) in [5.74, 6) is 2.58. The van der Waals surface area contributed by atoms with Crippen LogP contribution in [0.4, 0.5) is 11.6 Å². The molecule has 2 aromatic heterocycles. The SMILES string of the molecule is Cc1nc(NCCNC(=O)Cc2cn(C)c3ccccc23)cc(N2CCCC2)n1. The fourth-order valence-electron chi connectivity index (χ4n) is 3.95. The van der Waals surface area contributed by atoms with Gasteiger partial charge in [-0.1, -0.05) is 18.2 Å². The number of nitrogens with one attached hydrogen (secondary N) is 2. The molecule has 4 rings (SSSR count). The van der Waals surface area contributed by atoms with Gasteiger partial charge in [0.1, 0.15) is 17.5 Å². The first-order chi connectivity index (χ1) is 14.1. The van der Waals surface area contributed by atoms with E-state index in [1.54, 1.807) is 0 Å². The lowest BCUT2D eigenvalue weighted by atomic mass is 10.1. The molecule has 1 fully saturated rings. The number of hydrogen-bond acceptors (Lipinski definition) is 5. The molecular formula is C22H28N6O. The van der Waals surface area contributed by atoms with Crippen LogP contribution in [0, 0.1) is 6.92 Å². The second-order valence-corrected chi connectivity index (χ2v) is 7.59. The number of amides is 1. The van der Waals surface area contributed by atoms with E-state index in [2.05, 4.69) is 42.2 Å². The van der Waals surface area contributed by atoms with Gasteiger partial charge in [-0.25, -0.2) is 9.97 Å². The van der Waals surface area contributed by atoms with E-state index in [9.17, 15) is 4.79 Å². The highest BCUT2D eigenvalue weighted by Crippen LogP contribution is 2.21. The molecule has 7 nitrogen and oxygen atoms in total. The van der Waals surface area contributed by atoms with Crippen molar-refractivity contribution >= 4 is 28.4 Å². The maximum atomic E-state index is 12.4. The van der Waals surface area contributed by atoms with Gasteiger partial charge < -0.3 is 20.1 Å². The summed E-state index contributed by atoms with van der Waals surface area (Å²) in [6, 6.07) is 10.2. The minimum absolute atomic E-state index is 0.0276. The largest absolute Gasteiger partial charge is 0.368 e. The molecule has 0 saturated carbocycles. The van der Waals surface area contributed by atoms with Gasteiger partial charge in [-0.15, -0.1) is 0 Å². The summed E-state index contributed by atoms with van der Waals surface area (Å²) in [5.41, 5.74) is 2.19. The van der Waals surface area contributed by atoms with E-state index in [-0.39, 0.29) is 5.91 Å². The number of rotatable bonds is 7. The third-order valence-corrected chi connectivity index (χ3v) is 5.34. The molecular weight excluding hydrogens is 364 g/mol. The number of carbonyl (C=O) groups excluding carboxylic acids is 1. The highest BCUT2D eigenvalue weighted by Gasteiger charge is 2.15. The number of aryl methyl sites for hydroxylation is 2. The Kier molecular flexibility index (Phi) is 5.64. The zero-order valence-corrected chi connectivity index (χ0v) is 17.1. The minimum Gasteiger partial charge on any atom is -0.368 e. The number of aromatic nitrogens is 3. The average molecular weight is 393 g/mol. The van der Waals surface area contributed by atoms with Crippen molar-refractivity contribution in [2.45, 2.75) is 26.2 Å². The average Bonchev–Trinajstić information content (AvgIpc) is 3.34. The van der Waals surface area contributed by atoms with Gasteiger partial charge in [-0.2, -0.15) is 0 Å². The number of benzene rings is 1. The molecule has 0 spiro atoms. The van der Waals surface area contributed by atoms with Crippen LogP contribution in [0.25, 0.3) is 10.9 Å². The van der Waals surface area contributed by atoms with Crippen LogP contribution in [0.15, 0.2) is 36.5 Å². The predicted octanol–water partition coefficient (Wildman–Crippen LogP) is 2.65. The standard InChI is InChI=1S/C22H28N6O/c1-16-25-20(14-21(26-16)28-11-5-6-12-28)23-9-10-24-22(29)13-17-15-27(2)19-8-4-3-7-18(17)19/h3-4,7-8,14-15H,5-6,9-13H2,1-2H3,(H,24,29)(H,23,25,26). The van der Waals surface area contributed by atoms with E-state index in [1.165, 1.54) is 12.8 Å². The van der Waals surface area contributed by atoms with E-state index in [0.717, 1.165) is 47.0 Å². The molecule has 1 aliphatic rings. The van der Waals surface area contributed by atoms with Gasteiger partial charge in [0.25, 0.3) is 0 Å². The highest BCUT2D eigenvalue weighted by atomic mass is 16.1. The Labute approximate surface area is 171 Å². The molecule has 1 amide bonds. The van der Waals surface area contributed by atoms with Crippen molar-refractivity contribution in [1.29, 1.82) is 0 Å². The first-order valence-corrected chi connectivity index (χ1v) is 10.2. The fourth-order valence-corrected chi connectivity index (χ4v) is 3.95. The Balaban J connectivity index is 1.28. The van der Waals surface area contributed by atoms with Gasteiger partial charge in [0.2, 0.25) is 5.91 Å². The summed E-state index contributed by atoms with van der Waals surface area (Å²) < 4.78 is 2.06. The normalized spacial score (nSPS) is 13.8. The Morgan fingerprint density at radius 1 is 1.14 bits per heavy atom. The summed E-state index contributed by atoms with van der Waals surface area (Å²) >= 11 is 0. The molecule has 1 aliphatic heterocycles. The second-order valence-electron chi connectivity index (χ2n) is 7.59. The topological polar surface area (TPSA) is 75.1 Å². The molecule has 152 valence electrons. The molecule has 0 bridgehead atoms. The van der Waals surface area contributed by atoms with Crippen LogP contribution in [-0.2, 0) is 18.3 Å². The molecule has 0 aliphatic carbocycles. The number of anilines is 2. The van der Waals surface area contributed by atoms with E-state index in [1.807, 2.05) is 38.4 Å². The zero-order chi connectivity index (χ0) is 20.2. The van der Waals surface area contributed by atoms with Crippen molar-refractivity contribution in [1.82, 2.24) is 19.9 Å². The van der Waals surface area contributed by atoms with E-state index < -0.39 is 0 Å². The number of fused-ring (bicyclic) bond motifs is 1. The fraction of sp³-hybridized carbons (Fsp3) is 0.409. The van der Waals surface area contributed by atoms with Crippen molar-refractivity contribution in [3.05, 3.63) is 47.9 Å². The smallest absolute Gasteiger partial charge is 0.224 e. The van der Waals surface area contributed by atoms with Crippen LogP contribution in [0.5, 0.6) is 0 Å². The third-order valence-electron chi connectivity index (χ3n) is 5.34. The summed E-state index contributed by atoms with van der Waals surface area (Å²) in [6.07, 6.45) is 4.85. The quantitative estimate of drug-likeness (QED) is 0.605. The maximum absolute atomic E-state index is 12.4. The van der Waals surface area contributed by atoms with Crippen molar-refractivity contribution in [2.24, 2.45) is 7.05 Å². The van der Waals surface area contributed by atoms with Gasteiger partial charge in [0.15, 0.2) is 0 Å². The minimum atomic E-state index is 0.0276. The number of para-hydroxylation sites is 1. The van der Waals surface area contributed by atoms with Crippen LogP contribution in [0.1, 0.15) is 24.2 Å². The lowest BCUT2D eigenvalue weighted by Crippen LogP contribution is -2.30. The number of nitrogens with zero attached hydrogens (tertiary/aromatic N) is 4. The molecule has 1 saturated heterocycles. The van der Waals surface area contributed by atoms with Crippen LogP contribution in [0.3, 0.4) is 0 Å². The molecule has 2 N–H and O–H groups in total. The van der Waals surface area contributed by atoms with E-state index >= 15 is 0 Å². The first-order valence-electron chi connectivity index (χ1n) is 10.2. The predicted molar refractivity (Wildman–Crippen MR) is 116 cm³/mol. The van der Waals surface area contributed by atoms with Gasteiger partial charge in [-0.3, -0.25) is 4.79 Å². The molecule has 29 heavy (non-hydrogen) atoms. The van der Waals surface area contributed by atoms with Gasteiger partial charge >= 0.3 is 0 Å². The molecule has 1 aromatic carbocycles. The molecule has 3 heterocycles. The summed E-state index contributed by atoms with van der Waals surface area (Å²) in [5, 5.41) is 7.43. The number of hydrogen-bond donors (Lipinski definition) is 2. The van der Waals surface area contributed by atoms with Crippen molar-refractivity contribution < 1.29 is 4.79 Å². The van der Waals surface area contributed by atoms with Gasteiger partial charge in [-0.05, 0) is 31.4 Å². The molecule has 0 unspecified atom stereocenters. The first kappa shape index (κ1) is 19.2. The Hall–Kier alpha value is -3.09. The Bertz CT molecular complexity index is 1010. The molecule has 3 aromatic rings. The van der Waals surface area contributed by atoms with Crippen LogP contribution < -0.4 is 15.5 Å². The van der Waals surface area contributed by atoms with Crippen LogP contribution in [0.2, 0.25) is 0 Å². The highest BCUT2D eigenvalue weighted by molar-refractivity contribution is 5.89. The monoisotopic (exact) mass is 392 g/mol. The number of carbonyl (C=O) groups is 1. The molecule has 0 atom stereocenters. The zero-order valence-electron chi connectivity index (χ0n) is 17.1. The lowest BCUT2D eigenvalue weighted by Gasteiger charge is -2.17. The van der Waals surface area contributed by atoms with Crippen molar-refractivity contribution in [3.63, 3.8) is 0 Å². The van der Waals surface area contributed by atoms with Gasteiger partial charge in [0, 0.05) is 56.4 Å². The molecule has 0 radical (unpaired) electrons. The Morgan fingerprint density at radius 3 is 2.76 bits per heavy atom. The van der Waals surface area contributed by atoms with E-state index in [4.69, 9.17) is 0 Å². The molecule has 7 heteroatoms. The van der Waals surface area contributed by atoms with Crippen molar-refractivity contribution in [2.75, 3.05) is 36.4 Å². The van der Waals surface area contributed by atoms with Crippen LogP contribution >= 0.6 is 0 Å². The maximum Gasteiger partial charge on any atom is 0.224 e. The van der Waals surface area contributed by atoms with Gasteiger partial charge in [0.05, 0.1) is 6.42 Å². The summed E-state index contributed by atoms with van der Waals surface area (Å²) in [7, 11) is 2.01.